The van der Waals surface area contributed by atoms with Gasteiger partial charge < -0.3 is 16.0 Å². The number of nitrogens with zero attached hydrogens (tertiary/aromatic N) is 2. The van der Waals surface area contributed by atoms with Crippen LogP contribution in [0.25, 0.3) is 0 Å². The first-order valence-corrected chi connectivity index (χ1v) is 9.67. The minimum Gasteiger partial charge on any atom is -0.354 e. The van der Waals surface area contributed by atoms with Crippen LogP contribution in [0, 0.1) is 0 Å². The predicted octanol–water partition coefficient (Wildman–Crippen LogP) is 0.877. The van der Waals surface area contributed by atoms with Crippen LogP contribution in [0.4, 0.5) is 0 Å². The number of hydrogen-bond donors (Lipinski definition) is 2. The fourth-order valence-electron chi connectivity index (χ4n) is 3.19. The molecule has 138 valence electrons. The quantitative estimate of drug-likeness (QED) is 0.731. The molecule has 3 rings (SSSR count). The van der Waals surface area contributed by atoms with Crippen LogP contribution in [0.1, 0.15) is 31.2 Å². The SMILES string of the molecule is Cl.NCCCCNC(=O)C1CCCN1C1=NS(=O)(=O)c2ccccc21. The number of benzene rings is 1. The zero-order valence-corrected chi connectivity index (χ0v) is 15.5. The van der Waals surface area contributed by atoms with Gasteiger partial charge in [-0.2, -0.15) is 8.42 Å². The molecule has 1 fully saturated rings. The smallest absolute Gasteiger partial charge is 0.285 e. The van der Waals surface area contributed by atoms with E-state index < -0.39 is 10.0 Å². The Morgan fingerprint density at radius 1 is 1.32 bits per heavy atom. The zero-order valence-electron chi connectivity index (χ0n) is 13.8. The number of fused-ring (bicyclic) bond motifs is 1. The summed E-state index contributed by atoms with van der Waals surface area (Å²) in [6.45, 7) is 1.82. The fraction of sp³-hybridized carbons (Fsp3) is 0.500. The number of carbonyl (C=O) groups is 1. The molecule has 0 bridgehead atoms. The average molecular weight is 387 g/mol. The van der Waals surface area contributed by atoms with Gasteiger partial charge in [-0.05, 0) is 44.4 Å². The topological polar surface area (TPSA) is 105 Å². The van der Waals surface area contributed by atoms with Crippen LogP contribution in [0.15, 0.2) is 33.6 Å². The Hall–Kier alpha value is -1.64. The van der Waals surface area contributed by atoms with Crippen molar-refractivity contribution in [3.05, 3.63) is 29.8 Å². The van der Waals surface area contributed by atoms with Gasteiger partial charge in [-0.3, -0.25) is 4.79 Å². The number of likely N-dealkylation sites (tertiary alicyclic amines) is 1. The van der Waals surface area contributed by atoms with E-state index in [1.54, 1.807) is 24.3 Å². The molecule has 0 aromatic heterocycles. The van der Waals surface area contributed by atoms with Gasteiger partial charge in [-0.1, -0.05) is 12.1 Å². The maximum Gasteiger partial charge on any atom is 0.285 e. The van der Waals surface area contributed by atoms with Crippen molar-refractivity contribution in [3.63, 3.8) is 0 Å². The van der Waals surface area contributed by atoms with Gasteiger partial charge in [0.25, 0.3) is 10.0 Å². The summed E-state index contributed by atoms with van der Waals surface area (Å²) in [4.78, 5) is 14.5. The molecule has 9 heteroatoms. The summed E-state index contributed by atoms with van der Waals surface area (Å²) in [7, 11) is -3.66. The second-order valence-electron chi connectivity index (χ2n) is 6.02. The molecule has 3 N–H and O–H groups in total. The molecule has 1 aromatic carbocycles. The van der Waals surface area contributed by atoms with E-state index in [-0.39, 0.29) is 29.3 Å². The summed E-state index contributed by atoms with van der Waals surface area (Å²) in [5.41, 5.74) is 6.03. The second kappa shape index (κ2) is 8.16. The molecular formula is C16H23ClN4O3S. The van der Waals surface area contributed by atoms with Gasteiger partial charge in [0.1, 0.15) is 10.9 Å². The highest BCUT2D eigenvalue weighted by Gasteiger charge is 2.38. The lowest BCUT2D eigenvalue weighted by atomic mass is 10.1. The monoisotopic (exact) mass is 386 g/mol. The zero-order chi connectivity index (χ0) is 17.2. The molecule has 1 aromatic rings. The van der Waals surface area contributed by atoms with Crippen LogP contribution in [0.3, 0.4) is 0 Å². The molecule has 2 aliphatic heterocycles. The van der Waals surface area contributed by atoms with Crippen molar-refractivity contribution >= 4 is 34.2 Å². The highest BCUT2D eigenvalue weighted by molar-refractivity contribution is 7.90. The molecule has 0 radical (unpaired) electrons. The Labute approximate surface area is 154 Å². The molecule has 1 amide bonds. The average Bonchev–Trinajstić information content (AvgIpc) is 3.15. The van der Waals surface area contributed by atoms with Gasteiger partial charge in [0, 0.05) is 18.7 Å². The van der Waals surface area contributed by atoms with Gasteiger partial charge in [0.2, 0.25) is 5.91 Å². The number of sulfonamides is 1. The third-order valence-electron chi connectivity index (χ3n) is 4.37. The van der Waals surface area contributed by atoms with Crippen LogP contribution in [0.5, 0.6) is 0 Å². The van der Waals surface area contributed by atoms with E-state index in [0.717, 1.165) is 19.3 Å². The van der Waals surface area contributed by atoms with E-state index in [0.29, 0.717) is 37.5 Å². The first-order chi connectivity index (χ1) is 11.5. The maximum absolute atomic E-state index is 12.5. The van der Waals surface area contributed by atoms with Gasteiger partial charge >= 0.3 is 0 Å². The third kappa shape index (κ3) is 3.96. The first-order valence-electron chi connectivity index (χ1n) is 8.23. The maximum atomic E-state index is 12.5. The Kier molecular flexibility index (Phi) is 6.42. The molecule has 1 atom stereocenters. The molecule has 0 spiro atoms. The molecule has 1 unspecified atom stereocenters. The Morgan fingerprint density at radius 3 is 2.84 bits per heavy atom. The standard InChI is InChI=1S/C16H22N4O3S.ClH/c17-9-3-4-10-18-16(21)13-7-5-11-20(13)15-12-6-1-2-8-14(12)24(22,23)19-15;/h1-2,6,8,13H,3-5,7,9-11,17H2,(H,18,21);1H. The van der Waals surface area contributed by atoms with E-state index in [9.17, 15) is 13.2 Å². The molecule has 2 aliphatic rings. The molecule has 0 aliphatic carbocycles. The Morgan fingerprint density at radius 2 is 2.08 bits per heavy atom. The lowest BCUT2D eigenvalue weighted by Crippen LogP contribution is -2.46. The number of nitrogens with two attached hydrogens (primary N) is 1. The molecule has 25 heavy (non-hydrogen) atoms. The van der Waals surface area contributed by atoms with E-state index in [4.69, 9.17) is 5.73 Å². The molecule has 0 saturated carbocycles. The van der Waals surface area contributed by atoms with Gasteiger partial charge in [0.15, 0.2) is 5.84 Å². The second-order valence-corrected chi connectivity index (χ2v) is 7.60. The molecular weight excluding hydrogens is 364 g/mol. The van der Waals surface area contributed by atoms with Crippen molar-refractivity contribution in [1.29, 1.82) is 0 Å². The highest BCUT2D eigenvalue weighted by atomic mass is 35.5. The summed E-state index contributed by atoms with van der Waals surface area (Å²) in [5.74, 6) is 0.319. The number of halogens is 1. The van der Waals surface area contributed by atoms with Gasteiger partial charge in [-0.25, -0.2) is 0 Å². The number of amides is 1. The first kappa shape index (κ1) is 19.7. The normalized spacial score (nSPS) is 20.6. The predicted molar refractivity (Wildman–Crippen MR) is 98.4 cm³/mol. The van der Waals surface area contributed by atoms with Crippen LogP contribution in [0.2, 0.25) is 0 Å². The summed E-state index contributed by atoms with van der Waals surface area (Å²) in [6, 6.07) is 6.39. The van der Waals surface area contributed by atoms with Crippen LogP contribution < -0.4 is 11.1 Å². The van der Waals surface area contributed by atoms with Crippen LogP contribution in [-0.4, -0.2) is 50.7 Å². The van der Waals surface area contributed by atoms with Gasteiger partial charge in [0.05, 0.1) is 0 Å². The van der Waals surface area contributed by atoms with Crippen molar-refractivity contribution in [2.24, 2.45) is 10.1 Å². The number of nitrogens with one attached hydrogen (secondary N) is 1. The number of rotatable bonds is 5. The van der Waals surface area contributed by atoms with Crippen molar-refractivity contribution in [1.82, 2.24) is 10.2 Å². The van der Waals surface area contributed by atoms with E-state index in [1.165, 1.54) is 0 Å². The van der Waals surface area contributed by atoms with Crippen molar-refractivity contribution < 1.29 is 13.2 Å². The summed E-state index contributed by atoms with van der Waals surface area (Å²) in [6.07, 6.45) is 3.24. The fourth-order valence-corrected chi connectivity index (χ4v) is 4.40. The molecule has 2 heterocycles. The third-order valence-corrected chi connectivity index (χ3v) is 5.70. The summed E-state index contributed by atoms with van der Waals surface area (Å²) in [5, 5.41) is 2.92. The van der Waals surface area contributed by atoms with Gasteiger partial charge in [-0.15, -0.1) is 16.8 Å². The number of carbonyl (C=O) groups excluding carboxylic acids is 1. The largest absolute Gasteiger partial charge is 0.354 e. The van der Waals surface area contributed by atoms with E-state index >= 15 is 0 Å². The number of hydrogen-bond acceptors (Lipinski definition) is 5. The van der Waals surface area contributed by atoms with Crippen LogP contribution in [-0.2, 0) is 14.8 Å². The highest BCUT2D eigenvalue weighted by Crippen LogP contribution is 2.31. The molecule has 1 saturated heterocycles. The van der Waals surface area contributed by atoms with Crippen LogP contribution >= 0.6 is 12.4 Å². The number of unbranched alkanes of at least 4 members (excludes halogenated alkanes) is 1. The lowest BCUT2D eigenvalue weighted by molar-refractivity contribution is -0.124. The van der Waals surface area contributed by atoms with Crippen molar-refractivity contribution in [3.8, 4) is 0 Å². The Bertz CT molecular complexity index is 766. The van der Waals surface area contributed by atoms with Crippen molar-refractivity contribution in [2.75, 3.05) is 19.6 Å². The lowest BCUT2D eigenvalue weighted by Gasteiger charge is -2.25. The molecule has 7 nitrogen and oxygen atoms in total. The number of amidine groups is 1. The Balaban J connectivity index is 0.00000225. The van der Waals surface area contributed by atoms with E-state index in [2.05, 4.69) is 9.71 Å². The minimum absolute atomic E-state index is 0. The minimum atomic E-state index is -3.66. The summed E-state index contributed by atoms with van der Waals surface area (Å²) < 4.78 is 28.4. The van der Waals surface area contributed by atoms with Crippen molar-refractivity contribution in [2.45, 2.75) is 36.6 Å². The summed E-state index contributed by atoms with van der Waals surface area (Å²) >= 11 is 0. The van der Waals surface area contributed by atoms with E-state index in [1.807, 2.05) is 4.90 Å².